The molecule has 0 N–H and O–H groups in total. The topological polar surface area (TPSA) is 34.1 Å². The number of nitrogens with zero attached hydrogens (tertiary/aromatic N) is 4. The van der Waals surface area contributed by atoms with Gasteiger partial charge in [-0.05, 0) is 19.1 Å². The van der Waals surface area contributed by atoms with Crippen molar-refractivity contribution in [1.29, 1.82) is 0 Å². The van der Waals surface area contributed by atoms with E-state index in [2.05, 4.69) is 26.9 Å². The van der Waals surface area contributed by atoms with Crippen molar-refractivity contribution in [2.45, 2.75) is 13.3 Å². The van der Waals surface area contributed by atoms with Crippen LogP contribution in [0.15, 0.2) is 35.4 Å². The lowest BCUT2D eigenvalue weighted by molar-refractivity contribution is -0.668. The van der Waals surface area contributed by atoms with Gasteiger partial charge in [0.05, 0.1) is 29.8 Å². The van der Waals surface area contributed by atoms with E-state index in [1.807, 2.05) is 32.2 Å². The molecule has 0 unspecified atom stereocenters. The average molecular weight is 213 g/mol. The molecule has 0 amide bonds. The average Bonchev–Trinajstić information content (AvgIpc) is 2.79. The monoisotopic (exact) mass is 213 g/mol. The number of fused-ring (bicyclic) bond motifs is 1. The second-order valence-electron chi connectivity index (χ2n) is 4.07. The van der Waals surface area contributed by atoms with Gasteiger partial charge in [-0.2, -0.15) is 0 Å². The zero-order chi connectivity index (χ0) is 11.1. The van der Waals surface area contributed by atoms with Crippen molar-refractivity contribution in [3.05, 3.63) is 36.2 Å². The number of hydrogen-bond donors (Lipinski definition) is 0. The van der Waals surface area contributed by atoms with Crippen LogP contribution in [0.25, 0.3) is 11.4 Å². The van der Waals surface area contributed by atoms with Gasteiger partial charge in [0.25, 0.3) is 5.82 Å². The minimum Gasteiger partial charge on any atom is -0.228 e. The summed E-state index contributed by atoms with van der Waals surface area (Å²) in [6, 6.07) is 10.2. The van der Waals surface area contributed by atoms with Crippen molar-refractivity contribution in [3.8, 4) is 11.4 Å². The SMILES string of the molecule is CC1=Nn2nc(-c3ccccc3)[n+](C)c2C1. The Morgan fingerprint density at radius 1 is 1.25 bits per heavy atom. The minimum absolute atomic E-state index is 0.885. The lowest BCUT2D eigenvalue weighted by atomic mass is 10.2. The highest BCUT2D eigenvalue weighted by atomic mass is 15.6. The Balaban J connectivity index is 2.15. The number of hydrogen-bond acceptors (Lipinski definition) is 2. The molecule has 2 heterocycles. The Hall–Kier alpha value is -1.97. The van der Waals surface area contributed by atoms with Crippen molar-refractivity contribution in [1.82, 2.24) is 9.89 Å². The molecule has 0 aliphatic carbocycles. The van der Waals surface area contributed by atoms with Gasteiger partial charge in [-0.1, -0.05) is 23.3 Å². The van der Waals surface area contributed by atoms with Gasteiger partial charge in [-0.15, -0.1) is 0 Å². The highest BCUT2D eigenvalue weighted by Crippen LogP contribution is 2.15. The van der Waals surface area contributed by atoms with E-state index in [1.165, 1.54) is 0 Å². The molecule has 0 saturated heterocycles. The van der Waals surface area contributed by atoms with Gasteiger partial charge in [-0.25, -0.2) is 4.57 Å². The molecule has 16 heavy (non-hydrogen) atoms. The fourth-order valence-corrected chi connectivity index (χ4v) is 2.00. The maximum absolute atomic E-state index is 4.50. The summed E-state index contributed by atoms with van der Waals surface area (Å²) in [5.41, 5.74) is 2.23. The second-order valence-corrected chi connectivity index (χ2v) is 4.07. The van der Waals surface area contributed by atoms with Gasteiger partial charge in [0.15, 0.2) is 0 Å². The Morgan fingerprint density at radius 3 is 2.69 bits per heavy atom. The summed E-state index contributed by atoms with van der Waals surface area (Å²) in [5, 5.41) is 8.86. The first-order chi connectivity index (χ1) is 7.75. The van der Waals surface area contributed by atoms with Crippen LogP contribution in [0.1, 0.15) is 12.7 Å². The maximum Gasteiger partial charge on any atom is 0.311 e. The van der Waals surface area contributed by atoms with E-state index < -0.39 is 0 Å². The summed E-state index contributed by atoms with van der Waals surface area (Å²) in [6.07, 6.45) is 0.885. The molecular weight excluding hydrogens is 200 g/mol. The molecule has 0 bridgehead atoms. The van der Waals surface area contributed by atoms with Crippen LogP contribution >= 0.6 is 0 Å². The van der Waals surface area contributed by atoms with Gasteiger partial charge in [0.2, 0.25) is 0 Å². The molecule has 0 spiro atoms. The third-order valence-electron chi connectivity index (χ3n) is 2.84. The molecule has 0 saturated carbocycles. The van der Waals surface area contributed by atoms with Crippen molar-refractivity contribution in [3.63, 3.8) is 0 Å². The fraction of sp³-hybridized carbons (Fsp3) is 0.250. The first-order valence-corrected chi connectivity index (χ1v) is 5.33. The van der Waals surface area contributed by atoms with E-state index in [1.54, 1.807) is 4.79 Å². The molecule has 0 fully saturated rings. The van der Waals surface area contributed by atoms with Gasteiger partial charge in [0, 0.05) is 4.79 Å². The summed E-state index contributed by atoms with van der Waals surface area (Å²) in [7, 11) is 2.04. The lowest BCUT2D eigenvalue weighted by Crippen LogP contribution is -2.34. The van der Waals surface area contributed by atoms with Crippen molar-refractivity contribution in [2.24, 2.45) is 12.1 Å². The highest BCUT2D eigenvalue weighted by molar-refractivity contribution is 5.84. The Morgan fingerprint density at radius 2 is 2.00 bits per heavy atom. The molecule has 1 aromatic carbocycles. The summed E-state index contributed by atoms with van der Waals surface area (Å²) in [5.74, 6) is 2.10. The Labute approximate surface area is 93.8 Å². The Kier molecular flexibility index (Phi) is 1.89. The quantitative estimate of drug-likeness (QED) is 0.654. The number of benzene rings is 1. The van der Waals surface area contributed by atoms with Crippen LogP contribution in [0, 0.1) is 0 Å². The maximum atomic E-state index is 4.50. The van der Waals surface area contributed by atoms with Crippen LogP contribution in [-0.4, -0.2) is 15.6 Å². The number of rotatable bonds is 1. The lowest BCUT2D eigenvalue weighted by Gasteiger charge is -1.94. The third kappa shape index (κ3) is 1.26. The van der Waals surface area contributed by atoms with Crippen LogP contribution < -0.4 is 4.57 Å². The molecule has 3 rings (SSSR count). The highest BCUT2D eigenvalue weighted by Gasteiger charge is 2.29. The van der Waals surface area contributed by atoms with Gasteiger partial charge >= 0.3 is 5.82 Å². The third-order valence-corrected chi connectivity index (χ3v) is 2.84. The molecule has 0 radical (unpaired) electrons. The van der Waals surface area contributed by atoms with Crippen LogP contribution in [0.5, 0.6) is 0 Å². The van der Waals surface area contributed by atoms with Crippen LogP contribution in [0.2, 0.25) is 0 Å². The first kappa shape index (κ1) is 9.27. The van der Waals surface area contributed by atoms with Crippen LogP contribution in [0.3, 0.4) is 0 Å². The molecule has 0 atom stereocenters. The number of aromatic nitrogens is 3. The molecule has 2 aromatic rings. The van der Waals surface area contributed by atoms with E-state index in [0.717, 1.165) is 29.3 Å². The van der Waals surface area contributed by atoms with Crippen LogP contribution in [0.4, 0.5) is 0 Å². The zero-order valence-electron chi connectivity index (χ0n) is 9.38. The van der Waals surface area contributed by atoms with Crippen molar-refractivity contribution >= 4 is 5.71 Å². The molecule has 1 aliphatic heterocycles. The Bertz CT molecular complexity index is 566. The summed E-state index contributed by atoms with van der Waals surface area (Å²) in [6.45, 7) is 2.02. The van der Waals surface area contributed by atoms with Gasteiger partial charge < -0.3 is 0 Å². The molecule has 1 aromatic heterocycles. The van der Waals surface area contributed by atoms with Crippen LogP contribution in [-0.2, 0) is 13.5 Å². The fourth-order valence-electron chi connectivity index (χ4n) is 2.00. The van der Waals surface area contributed by atoms with E-state index in [4.69, 9.17) is 0 Å². The minimum atomic E-state index is 0.885. The summed E-state index contributed by atoms with van der Waals surface area (Å²) >= 11 is 0. The molecule has 4 nitrogen and oxygen atoms in total. The zero-order valence-corrected chi connectivity index (χ0v) is 9.38. The van der Waals surface area contributed by atoms with Crippen molar-refractivity contribution in [2.75, 3.05) is 0 Å². The molecule has 4 heteroatoms. The normalized spacial score (nSPS) is 13.8. The second kappa shape index (κ2) is 3.27. The van der Waals surface area contributed by atoms with Gasteiger partial charge in [-0.3, -0.25) is 0 Å². The standard InChI is InChI=1S/C12H13N4/c1-9-8-11-15(2)12(14-16(11)13-9)10-6-4-3-5-7-10/h3-7H,8H2,1-2H3/q+1. The van der Waals surface area contributed by atoms with E-state index in [9.17, 15) is 0 Å². The first-order valence-electron chi connectivity index (χ1n) is 5.33. The summed E-state index contributed by atoms with van der Waals surface area (Å²) < 4.78 is 2.11. The van der Waals surface area contributed by atoms with E-state index in [0.29, 0.717) is 0 Å². The predicted molar refractivity (Wildman–Crippen MR) is 61.1 cm³/mol. The smallest absolute Gasteiger partial charge is 0.228 e. The molecular formula is C12H13N4+. The van der Waals surface area contributed by atoms with Crippen molar-refractivity contribution < 1.29 is 4.57 Å². The van der Waals surface area contributed by atoms with Gasteiger partial charge in [0.1, 0.15) is 0 Å². The predicted octanol–water partition coefficient (Wildman–Crippen LogP) is 1.15. The molecule has 80 valence electrons. The largest absolute Gasteiger partial charge is 0.311 e. The van der Waals surface area contributed by atoms with E-state index in [-0.39, 0.29) is 0 Å². The molecule has 1 aliphatic rings. The summed E-state index contributed by atoms with van der Waals surface area (Å²) in [4.78, 5) is 1.73. The van der Waals surface area contributed by atoms with E-state index >= 15 is 0 Å².